The minimum Gasteiger partial charge on any atom is -0.307 e. The minimum absolute atomic E-state index is 0.626. The molecule has 0 fully saturated rings. The molecule has 3 heterocycles. The first kappa shape index (κ1) is 7.57. The zero-order valence-electron chi connectivity index (χ0n) is 7.36. The zero-order valence-corrected chi connectivity index (χ0v) is 7.36. The minimum atomic E-state index is 0.626. The summed E-state index contributed by atoms with van der Waals surface area (Å²) in [6.45, 7) is 1.66. The van der Waals surface area contributed by atoms with E-state index in [0.717, 1.165) is 24.3 Å². The Kier molecular flexibility index (Phi) is 1.54. The van der Waals surface area contributed by atoms with E-state index in [4.69, 9.17) is 0 Å². The molecule has 0 atom stereocenters. The predicted molar refractivity (Wildman–Crippen MR) is 48.0 cm³/mol. The van der Waals surface area contributed by atoms with Crippen LogP contribution in [0.25, 0.3) is 11.5 Å². The fraction of sp³-hybridized carbons (Fsp3) is 0.250. The SMILES string of the molecule is c1n[nH]nc1-c1ncc2c(n1)CNC2. The zero-order chi connectivity index (χ0) is 9.38. The molecule has 3 rings (SSSR count). The number of fused-ring (bicyclic) bond motifs is 1. The molecular weight excluding hydrogens is 180 g/mol. The van der Waals surface area contributed by atoms with Gasteiger partial charge in [-0.25, -0.2) is 9.97 Å². The first-order valence-corrected chi connectivity index (χ1v) is 4.35. The molecule has 0 saturated heterocycles. The summed E-state index contributed by atoms with van der Waals surface area (Å²) in [4.78, 5) is 8.62. The van der Waals surface area contributed by atoms with Gasteiger partial charge in [0, 0.05) is 24.8 Å². The number of nitrogens with one attached hydrogen (secondary N) is 2. The molecule has 0 unspecified atom stereocenters. The van der Waals surface area contributed by atoms with Gasteiger partial charge in [0.05, 0.1) is 11.9 Å². The van der Waals surface area contributed by atoms with E-state index in [0.29, 0.717) is 11.5 Å². The second-order valence-corrected chi connectivity index (χ2v) is 3.12. The third kappa shape index (κ3) is 1.08. The maximum absolute atomic E-state index is 4.40. The van der Waals surface area contributed by atoms with Gasteiger partial charge in [-0.15, -0.1) is 0 Å². The van der Waals surface area contributed by atoms with Crippen LogP contribution in [0, 0.1) is 0 Å². The predicted octanol–water partition coefficient (Wildman–Crippen LogP) is -0.135. The Morgan fingerprint density at radius 2 is 2.21 bits per heavy atom. The van der Waals surface area contributed by atoms with Crippen molar-refractivity contribution in [3.63, 3.8) is 0 Å². The lowest BCUT2D eigenvalue weighted by molar-refractivity contribution is 0.758. The van der Waals surface area contributed by atoms with Gasteiger partial charge < -0.3 is 5.32 Å². The van der Waals surface area contributed by atoms with E-state index in [1.807, 2.05) is 6.20 Å². The summed E-state index contributed by atoms with van der Waals surface area (Å²) >= 11 is 0. The van der Waals surface area contributed by atoms with Crippen LogP contribution in [0.4, 0.5) is 0 Å². The van der Waals surface area contributed by atoms with E-state index in [9.17, 15) is 0 Å². The summed E-state index contributed by atoms with van der Waals surface area (Å²) in [6.07, 6.45) is 3.45. The monoisotopic (exact) mass is 188 g/mol. The van der Waals surface area contributed by atoms with Gasteiger partial charge in [0.2, 0.25) is 0 Å². The lowest BCUT2D eigenvalue weighted by Crippen LogP contribution is -2.00. The topological polar surface area (TPSA) is 79.4 Å². The number of aromatic nitrogens is 5. The molecule has 0 aliphatic carbocycles. The molecule has 1 aliphatic rings. The molecule has 2 aromatic heterocycles. The normalized spacial score (nSPS) is 14.3. The van der Waals surface area contributed by atoms with Gasteiger partial charge in [-0.05, 0) is 0 Å². The molecule has 1 aliphatic heterocycles. The summed E-state index contributed by atoms with van der Waals surface area (Å²) < 4.78 is 0. The summed E-state index contributed by atoms with van der Waals surface area (Å²) in [5.41, 5.74) is 2.90. The Labute approximate surface area is 79.8 Å². The number of rotatable bonds is 1. The van der Waals surface area contributed by atoms with E-state index in [-0.39, 0.29) is 0 Å². The molecule has 0 amide bonds. The van der Waals surface area contributed by atoms with Crippen LogP contribution in [0.1, 0.15) is 11.3 Å². The summed E-state index contributed by atoms with van der Waals surface area (Å²) in [5.74, 6) is 0.626. The van der Waals surface area contributed by atoms with Gasteiger partial charge in [0.1, 0.15) is 5.69 Å². The van der Waals surface area contributed by atoms with Crippen LogP contribution in [0.15, 0.2) is 12.4 Å². The second-order valence-electron chi connectivity index (χ2n) is 3.12. The first-order valence-electron chi connectivity index (χ1n) is 4.35. The van der Waals surface area contributed by atoms with E-state index in [1.165, 1.54) is 0 Å². The fourth-order valence-electron chi connectivity index (χ4n) is 1.49. The average molecular weight is 188 g/mol. The standard InChI is InChI=1S/C8H8N6/c1-5-2-10-8(7-4-11-14-13-7)12-6(5)3-9-1/h2,4,9H,1,3H2,(H,11,13,14). The molecule has 2 aromatic rings. The van der Waals surface area contributed by atoms with Crippen molar-refractivity contribution in [3.8, 4) is 11.5 Å². The Hall–Kier alpha value is -1.82. The van der Waals surface area contributed by atoms with Crippen LogP contribution >= 0.6 is 0 Å². The molecular formula is C8H8N6. The first-order chi connectivity index (χ1) is 6.93. The van der Waals surface area contributed by atoms with Crippen molar-refractivity contribution in [3.05, 3.63) is 23.7 Å². The molecule has 0 bridgehead atoms. The van der Waals surface area contributed by atoms with Crippen LogP contribution in [0.3, 0.4) is 0 Å². The van der Waals surface area contributed by atoms with E-state index in [2.05, 4.69) is 30.7 Å². The third-order valence-electron chi connectivity index (χ3n) is 2.21. The Bertz CT molecular complexity index is 449. The molecule has 0 aromatic carbocycles. The van der Waals surface area contributed by atoms with Crippen molar-refractivity contribution >= 4 is 0 Å². The third-order valence-corrected chi connectivity index (χ3v) is 2.21. The van der Waals surface area contributed by atoms with Crippen molar-refractivity contribution in [2.24, 2.45) is 0 Å². The summed E-state index contributed by atoms with van der Waals surface area (Å²) in [6, 6.07) is 0. The lowest BCUT2D eigenvalue weighted by atomic mass is 10.3. The van der Waals surface area contributed by atoms with Gasteiger partial charge in [-0.3, -0.25) is 0 Å². The Morgan fingerprint density at radius 1 is 1.21 bits per heavy atom. The highest BCUT2D eigenvalue weighted by atomic mass is 15.3. The smallest absolute Gasteiger partial charge is 0.182 e. The number of H-pyrrole nitrogens is 1. The second kappa shape index (κ2) is 2.85. The van der Waals surface area contributed by atoms with Gasteiger partial charge >= 0.3 is 0 Å². The summed E-state index contributed by atoms with van der Waals surface area (Å²) in [5, 5.41) is 13.4. The van der Waals surface area contributed by atoms with Crippen molar-refractivity contribution < 1.29 is 0 Å². The summed E-state index contributed by atoms with van der Waals surface area (Å²) in [7, 11) is 0. The van der Waals surface area contributed by atoms with Gasteiger partial charge in [-0.1, -0.05) is 0 Å². The molecule has 0 radical (unpaired) electrons. The highest BCUT2D eigenvalue weighted by Gasteiger charge is 2.14. The quantitative estimate of drug-likeness (QED) is 0.651. The van der Waals surface area contributed by atoms with Crippen LogP contribution in [-0.4, -0.2) is 25.4 Å². The van der Waals surface area contributed by atoms with Crippen LogP contribution in [0.2, 0.25) is 0 Å². The Balaban J connectivity index is 2.09. The largest absolute Gasteiger partial charge is 0.307 e. The van der Waals surface area contributed by atoms with Gasteiger partial charge in [0.25, 0.3) is 0 Å². The fourth-order valence-corrected chi connectivity index (χ4v) is 1.49. The maximum atomic E-state index is 4.40. The Morgan fingerprint density at radius 3 is 3.07 bits per heavy atom. The van der Waals surface area contributed by atoms with E-state index in [1.54, 1.807) is 6.20 Å². The lowest BCUT2D eigenvalue weighted by Gasteiger charge is -1.97. The number of aromatic amines is 1. The number of nitrogens with zero attached hydrogens (tertiary/aromatic N) is 4. The molecule has 6 heteroatoms. The number of hydrogen-bond donors (Lipinski definition) is 2. The van der Waals surface area contributed by atoms with E-state index >= 15 is 0 Å². The number of hydrogen-bond acceptors (Lipinski definition) is 5. The molecule has 14 heavy (non-hydrogen) atoms. The molecule has 2 N–H and O–H groups in total. The van der Waals surface area contributed by atoms with Crippen molar-refractivity contribution in [1.82, 2.24) is 30.7 Å². The molecule has 70 valence electrons. The van der Waals surface area contributed by atoms with E-state index < -0.39 is 0 Å². The molecule has 0 spiro atoms. The highest BCUT2D eigenvalue weighted by molar-refractivity contribution is 5.47. The van der Waals surface area contributed by atoms with Crippen LogP contribution in [0.5, 0.6) is 0 Å². The van der Waals surface area contributed by atoms with Crippen LogP contribution in [-0.2, 0) is 13.1 Å². The van der Waals surface area contributed by atoms with Gasteiger partial charge in [-0.2, -0.15) is 15.4 Å². The van der Waals surface area contributed by atoms with Crippen molar-refractivity contribution in [2.45, 2.75) is 13.1 Å². The maximum Gasteiger partial charge on any atom is 0.182 e. The van der Waals surface area contributed by atoms with Crippen molar-refractivity contribution in [2.75, 3.05) is 0 Å². The highest BCUT2D eigenvalue weighted by Crippen LogP contribution is 2.15. The molecule has 6 nitrogen and oxygen atoms in total. The van der Waals surface area contributed by atoms with Crippen LogP contribution < -0.4 is 5.32 Å². The van der Waals surface area contributed by atoms with Crippen molar-refractivity contribution in [1.29, 1.82) is 0 Å². The molecule has 0 saturated carbocycles. The van der Waals surface area contributed by atoms with Gasteiger partial charge in [0.15, 0.2) is 5.82 Å². The average Bonchev–Trinajstić information content (AvgIpc) is 2.88.